The third-order valence-electron chi connectivity index (χ3n) is 4.19. The molecule has 1 heterocycles. The molecule has 0 aromatic heterocycles. The molecule has 16 heavy (non-hydrogen) atoms. The quantitative estimate of drug-likeness (QED) is 0.640. The second-order valence-electron chi connectivity index (χ2n) is 6.64. The Labute approximate surface area is 101 Å². The van der Waals surface area contributed by atoms with Gasteiger partial charge in [-0.25, -0.2) is 0 Å². The van der Waals surface area contributed by atoms with Crippen molar-refractivity contribution in [1.29, 1.82) is 0 Å². The summed E-state index contributed by atoms with van der Waals surface area (Å²) in [7, 11) is 0. The maximum atomic E-state index is 2.75. The standard InChI is InChI=1S/C15H27N/c1-15(2,3)14-10-7-11-16(14)12-13-8-5-4-6-9-13/h5,8,13-14H,4,6-7,9-12H2,1-3H3. The van der Waals surface area contributed by atoms with E-state index >= 15 is 0 Å². The molecule has 92 valence electrons. The van der Waals surface area contributed by atoms with Gasteiger partial charge in [0.05, 0.1) is 0 Å². The molecule has 0 amide bonds. The second kappa shape index (κ2) is 4.91. The second-order valence-corrected chi connectivity index (χ2v) is 6.64. The molecule has 1 aliphatic carbocycles. The van der Waals surface area contributed by atoms with Crippen molar-refractivity contribution < 1.29 is 0 Å². The van der Waals surface area contributed by atoms with Gasteiger partial charge in [0.15, 0.2) is 0 Å². The Morgan fingerprint density at radius 2 is 2.00 bits per heavy atom. The average Bonchev–Trinajstić information content (AvgIpc) is 2.67. The van der Waals surface area contributed by atoms with Crippen molar-refractivity contribution in [2.24, 2.45) is 11.3 Å². The van der Waals surface area contributed by atoms with E-state index in [1.165, 1.54) is 45.2 Å². The zero-order valence-electron chi connectivity index (χ0n) is 11.2. The van der Waals surface area contributed by atoms with Gasteiger partial charge in [-0.05, 0) is 50.0 Å². The van der Waals surface area contributed by atoms with Crippen molar-refractivity contribution in [3.63, 3.8) is 0 Å². The Morgan fingerprint density at radius 1 is 1.19 bits per heavy atom. The molecule has 1 aliphatic heterocycles. The molecule has 0 radical (unpaired) electrons. The number of likely N-dealkylation sites (tertiary alicyclic amines) is 1. The van der Waals surface area contributed by atoms with Crippen LogP contribution >= 0.6 is 0 Å². The minimum absolute atomic E-state index is 0.453. The molecule has 2 unspecified atom stereocenters. The topological polar surface area (TPSA) is 3.24 Å². The van der Waals surface area contributed by atoms with E-state index in [1.807, 2.05) is 0 Å². The van der Waals surface area contributed by atoms with Crippen LogP contribution in [0.5, 0.6) is 0 Å². The molecule has 1 nitrogen and oxygen atoms in total. The van der Waals surface area contributed by atoms with Gasteiger partial charge in [0, 0.05) is 12.6 Å². The van der Waals surface area contributed by atoms with Crippen molar-refractivity contribution in [3.05, 3.63) is 12.2 Å². The van der Waals surface area contributed by atoms with Crippen molar-refractivity contribution >= 4 is 0 Å². The first kappa shape index (κ1) is 12.2. The van der Waals surface area contributed by atoms with Crippen LogP contribution in [-0.2, 0) is 0 Å². The summed E-state index contributed by atoms with van der Waals surface area (Å²) in [5.74, 6) is 0.830. The van der Waals surface area contributed by atoms with Gasteiger partial charge >= 0.3 is 0 Å². The summed E-state index contributed by atoms with van der Waals surface area (Å²) >= 11 is 0. The van der Waals surface area contributed by atoms with Crippen LogP contribution in [0.25, 0.3) is 0 Å². The molecule has 0 spiro atoms. The molecule has 0 bridgehead atoms. The van der Waals surface area contributed by atoms with Crippen LogP contribution in [-0.4, -0.2) is 24.0 Å². The molecule has 1 saturated heterocycles. The first-order chi connectivity index (χ1) is 7.57. The number of rotatable bonds is 2. The van der Waals surface area contributed by atoms with Gasteiger partial charge in [-0.1, -0.05) is 32.9 Å². The number of hydrogen-bond donors (Lipinski definition) is 0. The SMILES string of the molecule is CC(C)(C)C1CCCN1CC1C=CCCC1. The van der Waals surface area contributed by atoms with Gasteiger partial charge in [0.25, 0.3) is 0 Å². The van der Waals surface area contributed by atoms with Crippen molar-refractivity contribution in [2.75, 3.05) is 13.1 Å². The summed E-state index contributed by atoms with van der Waals surface area (Å²) in [6.45, 7) is 9.82. The fourth-order valence-electron chi connectivity index (χ4n) is 3.36. The average molecular weight is 221 g/mol. The smallest absolute Gasteiger partial charge is 0.0144 e. The Balaban J connectivity index is 1.93. The van der Waals surface area contributed by atoms with Gasteiger partial charge in [0.2, 0.25) is 0 Å². The Hall–Kier alpha value is -0.300. The number of allylic oxidation sites excluding steroid dienone is 1. The third kappa shape index (κ3) is 2.88. The highest BCUT2D eigenvalue weighted by Crippen LogP contribution is 2.34. The van der Waals surface area contributed by atoms with Gasteiger partial charge in [-0.2, -0.15) is 0 Å². The van der Waals surface area contributed by atoms with E-state index in [-0.39, 0.29) is 0 Å². The van der Waals surface area contributed by atoms with Gasteiger partial charge < -0.3 is 0 Å². The lowest BCUT2D eigenvalue weighted by Gasteiger charge is -2.37. The Morgan fingerprint density at radius 3 is 2.62 bits per heavy atom. The van der Waals surface area contributed by atoms with E-state index in [4.69, 9.17) is 0 Å². The summed E-state index contributed by atoms with van der Waals surface area (Å²) < 4.78 is 0. The monoisotopic (exact) mass is 221 g/mol. The molecule has 0 saturated carbocycles. The van der Waals surface area contributed by atoms with Gasteiger partial charge in [0.1, 0.15) is 0 Å². The van der Waals surface area contributed by atoms with Gasteiger partial charge in [-0.3, -0.25) is 4.90 Å². The first-order valence-electron chi connectivity index (χ1n) is 6.98. The van der Waals surface area contributed by atoms with E-state index in [1.54, 1.807) is 0 Å². The Bertz CT molecular complexity index is 249. The number of nitrogens with zero attached hydrogens (tertiary/aromatic N) is 1. The molecule has 1 fully saturated rings. The number of hydrogen-bond acceptors (Lipinski definition) is 1. The van der Waals surface area contributed by atoms with Crippen LogP contribution in [0.3, 0.4) is 0 Å². The van der Waals surface area contributed by atoms with Crippen LogP contribution < -0.4 is 0 Å². The van der Waals surface area contributed by atoms with E-state index in [0.717, 1.165) is 12.0 Å². The fraction of sp³-hybridized carbons (Fsp3) is 0.867. The van der Waals surface area contributed by atoms with Crippen molar-refractivity contribution in [3.8, 4) is 0 Å². The molecule has 1 heteroatoms. The summed E-state index contributed by atoms with van der Waals surface area (Å²) in [6.07, 6.45) is 11.8. The molecule has 2 aliphatic rings. The molecule has 2 rings (SSSR count). The lowest BCUT2D eigenvalue weighted by atomic mass is 9.84. The van der Waals surface area contributed by atoms with Crippen LogP contribution in [0.2, 0.25) is 0 Å². The Kier molecular flexibility index (Phi) is 3.73. The molecule has 0 aromatic rings. The highest BCUT2D eigenvalue weighted by Gasteiger charge is 2.34. The zero-order chi connectivity index (χ0) is 11.6. The van der Waals surface area contributed by atoms with Crippen LogP contribution in [0.4, 0.5) is 0 Å². The molecular formula is C15H27N. The lowest BCUT2D eigenvalue weighted by Crippen LogP contribution is -2.41. The van der Waals surface area contributed by atoms with E-state index in [9.17, 15) is 0 Å². The first-order valence-corrected chi connectivity index (χ1v) is 6.98. The van der Waals surface area contributed by atoms with Crippen molar-refractivity contribution in [2.45, 2.75) is 58.9 Å². The summed E-state index contributed by atoms with van der Waals surface area (Å²) in [6, 6.07) is 0.808. The van der Waals surface area contributed by atoms with E-state index in [0.29, 0.717) is 5.41 Å². The van der Waals surface area contributed by atoms with Gasteiger partial charge in [-0.15, -0.1) is 0 Å². The lowest BCUT2D eigenvalue weighted by molar-refractivity contribution is 0.127. The van der Waals surface area contributed by atoms with Crippen LogP contribution in [0, 0.1) is 11.3 Å². The normalized spacial score (nSPS) is 32.2. The van der Waals surface area contributed by atoms with E-state index < -0.39 is 0 Å². The van der Waals surface area contributed by atoms with E-state index in [2.05, 4.69) is 37.8 Å². The third-order valence-corrected chi connectivity index (χ3v) is 4.19. The minimum Gasteiger partial charge on any atom is -0.299 e. The summed E-state index contributed by atoms with van der Waals surface area (Å²) in [5.41, 5.74) is 0.453. The maximum absolute atomic E-state index is 2.75. The van der Waals surface area contributed by atoms with Crippen LogP contribution in [0.1, 0.15) is 52.9 Å². The molecule has 0 N–H and O–H groups in total. The van der Waals surface area contributed by atoms with Crippen LogP contribution in [0.15, 0.2) is 12.2 Å². The molecular weight excluding hydrogens is 194 g/mol. The predicted molar refractivity (Wildman–Crippen MR) is 70.5 cm³/mol. The maximum Gasteiger partial charge on any atom is 0.0144 e. The highest BCUT2D eigenvalue weighted by molar-refractivity contribution is 4.97. The largest absolute Gasteiger partial charge is 0.299 e. The highest BCUT2D eigenvalue weighted by atomic mass is 15.2. The minimum atomic E-state index is 0.453. The molecule has 0 aromatic carbocycles. The summed E-state index contributed by atoms with van der Waals surface area (Å²) in [4.78, 5) is 2.75. The van der Waals surface area contributed by atoms with Crippen molar-refractivity contribution in [1.82, 2.24) is 4.90 Å². The summed E-state index contributed by atoms with van der Waals surface area (Å²) in [5, 5.41) is 0. The zero-order valence-corrected chi connectivity index (χ0v) is 11.2. The predicted octanol–water partition coefficient (Wildman–Crippen LogP) is 3.85. The fourth-order valence-corrected chi connectivity index (χ4v) is 3.36. The molecule has 2 atom stereocenters.